The van der Waals surface area contributed by atoms with Gasteiger partial charge in [-0.05, 0) is 29.8 Å². The average molecular weight is 478 g/mol. The third-order valence-electron chi connectivity index (χ3n) is 5.56. The second kappa shape index (κ2) is 11.7. The Hall–Kier alpha value is -3.56. The van der Waals surface area contributed by atoms with Crippen LogP contribution in [0.1, 0.15) is 26.3 Å². The summed E-state index contributed by atoms with van der Waals surface area (Å²) in [5.74, 6) is -1.29. The van der Waals surface area contributed by atoms with Crippen molar-refractivity contribution < 1.29 is 38.7 Å². The van der Waals surface area contributed by atoms with Crippen LogP contribution in [0.25, 0.3) is 0 Å². The summed E-state index contributed by atoms with van der Waals surface area (Å²) < 4.78 is 22.4. The standard InChI is InChI=1S/C27H26O8/c28-22-24(32-16-18-10-4-1-5-11-18)23(35-27(22)31)21(34-26(30)20-14-8-3-9-15-20)17-33-25(29)19-12-6-2-7-13-19/h1-15,21-24,27-28,31H,16-17H2/t21-,22-,23-,24+,27?/m1/s1. The molecule has 0 spiro atoms. The van der Waals surface area contributed by atoms with E-state index in [1.54, 1.807) is 60.7 Å². The molecule has 35 heavy (non-hydrogen) atoms. The first-order valence-electron chi connectivity index (χ1n) is 11.2. The molecule has 0 bridgehead atoms. The molecule has 0 saturated carbocycles. The van der Waals surface area contributed by atoms with Gasteiger partial charge in [-0.25, -0.2) is 9.59 Å². The van der Waals surface area contributed by atoms with Crippen molar-refractivity contribution in [1.82, 2.24) is 0 Å². The van der Waals surface area contributed by atoms with E-state index in [-0.39, 0.29) is 18.8 Å². The molecule has 0 amide bonds. The minimum atomic E-state index is -1.57. The zero-order valence-electron chi connectivity index (χ0n) is 18.8. The zero-order valence-corrected chi connectivity index (χ0v) is 18.8. The molecule has 1 heterocycles. The van der Waals surface area contributed by atoms with E-state index in [1.165, 1.54) is 0 Å². The van der Waals surface area contributed by atoms with Gasteiger partial charge in [-0.2, -0.15) is 0 Å². The average Bonchev–Trinajstić information content (AvgIpc) is 3.19. The van der Waals surface area contributed by atoms with Gasteiger partial charge in [-0.1, -0.05) is 66.7 Å². The lowest BCUT2D eigenvalue weighted by molar-refractivity contribution is -0.153. The van der Waals surface area contributed by atoms with E-state index >= 15 is 0 Å². The molecule has 1 aliphatic heterocycles. The Labute approximate surface area is 202 Å². The summed E-state index contributed by atoms with van der Waals surface area (Å²) in [6.45, 7) is -0.250. The van der Waals surface area contributed by atoms with Crippen molar-refractivity contribution in [3.05, 3.63) is 108 Å². The van der Waals surface area contributed by atoms with Crippen LogP contribution >= 0.6 is 0 Å². The van der Waals surface area contributed by atoms with Gasteiger partial charge >= 0.3 is 11.9 Å². The molecule has 8 heteroatoms. The lowest BCUT2D eigenvalue weighted by Gasteiger charge is -2.28. The molecule has 2 N–H and O–H groups in total. The predicted octanol–water partition coefficient (Wildman–Crippen LogP) is 2.73. The smallest absolute Gasteiger partial charge is 0.338 e. The second-order valence-electron chi connectivity index (χ2n) is 8.02. The Morgan fingerprint density at radius 2 is 1.34 bits per heavy atom. The normalized spacial score (nSPS) is 22.3. The lowest BCUT2D eigenvalue weighted by atomic mass is 10.1. The molecule has 3 aromatic carbocycles. The van der Waals surface area contributed by atoms with E-state index in [9.17, 15) is 19.8 Å². The molecule has 1 unspecified atom stereocenters. The number of carbonyl (C=O) groups is 2. The van der Waals surface area contributed by atoms with Crippen LogP contribution in [0.2, 0.25) is 0 Å². The zero-order chi connectivity index (χ0) is 24.6. The topological polar surface area (TPSA) is 112 Å². The highest BCUT2D eigenvalue weighted by molar-refractivity contribution is 5.90. The molecular weight excluding hydrogens is 452 g/mol. The van der Waals surface area contributed by atoms with Crippen molar-refractivity contribution in [2.45, 2.75) is 37.3 Å². The number of hydrogen-bond donors (Lipinski definition) is 2. The largest absolute Gasteiger partial charge is 0.458 e. The van der Waals surface area contributed by atoms with Gasteiger partial charge in [-0.3, -0.25) is 0 Å². The van der Waals surface area contributed by atoms with Gasteiger partial charge in [0.05, 0.1) is 17.7 Å². The number of hydrogen-bond acceptors (Lipinski definition) is 8. The van der Waals surface area contributed by atoms with Crippen LogP contribution < -0.4 is 0 Å². The number of aliphatic hydroxyl groups excluding tert-OH is 2. The maximum atomic E-state index is 12.8. The summed E-state index contributed by atoms with van der Waals surface area (Å²) in [5, 5.41) is 20.7. The molecule has 0 radical (unpaired) electrons. The van der Waals surface area contributed by atoms with Gasteiger partial charge in [0.1, 0.15) is 24.9 Å². The van der Waals surface area contributed by atoms with E-state index in [1.807, 2.05) is 30.3 Å². The van der Waals surface area contributed by atoms with E-state index < -0.39 is 42.6 Å². The van der Waals surface area contributed by atoms with Crippen LogP contribution in [0.4, 0.5) is 0 Å². The van der Waals surface area contributed by atoms with Gasteiger partial charge in [-0.15, -0.1) is 0 Å². The third kappa shape index (κ3) is 6.32. The minimum absolute atomic E-state index is 0.123. The van der Waals surface area contributed by atoms with Crippen molar-refractivity contribution in [2.75, 3.05) is 6.61 Å². The fraction of sp³-hybridized carbons (Fsp3) is 0.259. The van der Waals surface area contributed by atoms with Crippen LogP contribution in [0, 0.1) is 0 Å². The van der Waals surface area contributed by atoms with E-state index in [0.29, 0.717) is 5.56 Å². The number of rotatable bonds is 9. The SMILES string of the molecule is O=C(OC[C@@H](OC(=O)c1ccccc1)[C@H]1OC(O)[C@H](O)[C@@H]1OCc1ccccc1)c1ccccc1. The molecular formula is C27H26O8. The highest BCUT2D eigenvalue weighted by atomic mass is 16.7. The Morgan fingerprint density at radius 1 is 0.800 bits per heavy atom. The number of aliphatic hydroxyl groups is 2. The summed E-state index contributed by atoms with van der Waals surface area (Å²) in [6, 6.07) is 25.9. The van der Waals surface area contributed by atoms with Crippen LogP contribution in [0.3, 0.4) is 0 Å². The first-order chi connectivity index (χ1) is 17.0. The Kier molecular flexibility index (Phi) is 8.23. The maximum absolute atomic E-state index is 12.8. The van der Waals surface area contributed by atoms with E-state index in [2.05, 4.69) is 0 Å². The second-order valence-corrected chi connectivity index (χ2v) is 8.02. The molecule has 0 aromatic heterocycles. The first kappa shape index (κ1) is 24.6. The summed E-state index contributed by atoms with van der Waals surface area (Å²) in [4.78, 5) is 25.3. The molecule has 1 fully saturated rings. The number of carbonyl (C=O) groups excluding carboxylic acids is 2. The van der Waals surface area contributed by atoms with Crippen molar-refractivity contribution in [3.8, 4) is 0 Å². The molecule has 1 saturated heterocycles. The van der Waals surface area contributed by atoms with Crippen molar-refractivity contribution in [1.29, 1.82) is 0 Å². The van der Waals surface area contributed by atoms with E-state index in [0.717, 1.165) is 5.56 Å². The Morgan fingerprint density at radius 3 is 1.94 bits per heavy atom. The molecule has 1 aliphatic rings. The predicted molar refractivity (Wildman–Crippen MR) is 124 cm³/mol. The van der Waals surface area contributed by atoms with Crippen molar-refractivity contribution in [3.63, 3.8) is 0 Å². The fourth-order valence-electron chi connectivity index (χ4n) is 3.73. The molecule has 5 atom stereocenters. The van der Waals surface area contributed by atoms with E-state index in [4.69, 9.17) is 18.9 Å². The molecule has 8 nitrogen and oxygen atoms in total. The first-order valence-corrected chi connectivity index (χ1v) is 11.2. The van der Waals surface area contributed by atoms with Crippen molar-refractivity contribution in [2.24, 2.45) is 0 Å². The third-order valence-corrected chi connectivity index (χ3v) is 5.56. The Balaban J connectivity index is 1.52. The summed E-state index contributed by atoms with van der Waals surface area (Å²) >= 11 is 0. The monoisotopic (exact) mass is 478 g/mol. The fourth-order valence-corrected chi connectivity index (χ4v) is 3.73. The number of esters is 2. The van der Waals surface area contributed by atoms with Crippen LogP contribution in [-0.4, -0.2) is 59.5 Å². The number of benzene rings is 3. The van der Waals surface area contributed by atoms with Gasteiger partial charge in [0.15, 0.2) is 12.4 Å². The summed E-state index contributed by atoms with van der Waals surface area (Å²) in [7, 11) is 0. The summed E-state index contributed by atoms with van der Waals surface area (Å²) in [5.41, 5.74) is 1.45. The van der Waals surface area contributed by atoms with Crippen molar-refractivity contribution >= 4 is 11.9 Å². The highest BCUT2D eigenvalue weighted by Gasteiger charge is 2.49. The molecule has 3 aromatic rings. The van der Waals surface area contributed by atoms with Gasteiger partial charge in [0, 0.05) is 0 Å². The van der Waals surface area contributed by atoms with Crippen LogP contribution in [-0.2, 0) is 25.6 Å². The highest BCUT2D eigenvalue weighted by Crippen LogP contribution is 2.28. The van der Waals surface area contributed by atoms with Crippen LogP contribution in [0.15, 0.2) is 91.0 Å². The Bertz CT molecular complexity index is 1090. The minimum Gasteiger partial charge on any atom is -0.458 e. The molecule has 4 rings (SSSR count). The van der Waals surface area contributed by atoms with Crippen LogP contribution in [0.5, 0.6) is 0 Å². The maximum Gasteiger partial charge on any atom is 0.338 e. The lowest BCUT2D eigenvalue weighted by Crippen LogP contribution is -2.45. The van der Waals surface area contributed by atoms with Gasteiger partial charge in [0.2, 0.25) is 0 Å². The molecule has 0 aliphatic carbocycles. The van der Waals surface area contributed by atoms with Gasteiger partial charge in [0.25, 0.3) is 0 Å². The summed E-state index contributed by atoms with van der Waals surface area (Å²) in [6.07, 6.45) is -6.27. The van der Waals surface area contributed by atoms with Gasteiger partial charge < -0.3 is 29.2 Å². The number of ether oxygens (including phenoxy) is 4. The molecule has 182 valence electrons. The quantitative estimate of drug-likeness (QED) is 0.452.